The zero-order valence-corrected chi connectivity index (χ0v) is 14.0. The summed E-state index contributed by atoms with van der Waals surface area (Å²) in [7, 11) is 6.45. The van der Waals surface area contributed by atoms with Crippen LogP contribution in [0.4, 0.5) is 0 Å². The Morgan fingerprint density at radius 2 is 1.60 bits per heavy atom. The molecule has 1 aromatic carbocycles. The monoisotopic (exact) mass is 277 g/mol. The van der Waals surface area contributed by atoms with Crippen LogP contribution in [0.1, 0.15) is 29.7 Å². The lowest BCUT2D eigenvalue weighted by molar-refractivity contribution is 0.257. The van der Waals surface area contributed by atoms with Crippen LogP contribution in [-0.4, -0.2) is 57.1 Å². The number of rotatable bonds is 8. The molecule has 1 unspecified atom stereocenters. The predicted molar refractivity (Wildman–Crippen MR) is 88.4 cm³/mol. The molecule has 3 heteroatoms. The molecule has 1 N–H and O–H groups in total. The Bertz CT molecular complexity index is 381. The van der Waals surface area contributed by atoms with E-state index < -0.39 is 0 Å². The normalized spacial score (nSPS) is 13.2. The van der Waals surface area contributed by atoms with Gasteiger partial charge in [-0.25, -0.2) is 0 Å². The maximum absolute atomic E-state index is 3.62. The first-order valence-electron chi connectivity index (χ1n) is 7.57. The molecule has 114 valence electrons. The van der Waals surface area contributed by atoms with E-state index in [-0.39, 0.29) is 0 Å². The maximum atomic E-state index is 3.62. The molecule has 20 heavy (non-hydrogen) atoms. The summed E-state index contributed by atoms with van der Waals surface area (Å²) < 4.78 is 0. The topological polar surface area (TPSA) is 18.5 Å². The van der Waals surface area contributed by atoms with E-state index in [2.05, 4.69) is 75.2 Å². The van der Waals surface area contributed by atoms with Gasteiger partial charge in [-0.3, -0.25) is 0 Å². The first-order chi connectivity index (χ1) is 9.42. The van der Waals surface area contributed by atoms with Gasteiger partial charge < -0.3 is 15.1 Å². The summed E-state index contributed by atoms with van der Waals surface area (Å²) in [6.45, 7) is 10.8. The number of hydrogen-bond acceptors (Lipinski definition) is 3. The smallest absolute Gasteiger partial charge is 0.0449 e. The SMILES string of the molecule is CCNC(CN(C)CCN(C)C)c1cc(C)cc(C)c1. The summed E-state index contributed by atoms with van der Waals surface area (Å²) in [6, 6.07) is 7.26. The van der Waals surface area contributed by atoms with Crippen molar-refractivity contribution in [2.75, 3.05) is 47.3 Å². The van der Waals surface area contributed by atoms with E-state index in [4.69, 9.17) is 0 Å². The van der Waals surface area contributed by atoms with Gasteiger partial charge in [0.25, 0.3) is 0 Å². The number of aryl methyl sites for hydroxylation is 2. The fourth-order valence-corrected chi connectivity index (χ4v) is 2.52. The molecular weight excluding hydrogens is 246 g/mol. The lowest BCUT2D eigenvalue weighted by Crippen LogP contribution is -2.36. The van der Waals surface area contributed by atoms with Gasteiger partial charge in [0.1, 0.15) is 0 Å². The minimum atomic E-state index is 0.408. The Kier molecular flexibility index (Phi) is 7.20. The summed E-state index contributed by atoms with van der Waals surface area (Å²) in [5, 5.41) is 3.62. The largest absolute Gasteiger partial charge is 0.309 e. The van der Waals surface area contributed by atoms with Crippen molar-refractivity contribution in [3.63, 3.8) is 0 Å². The Morgan fingerprint density at radius 1 is 1.00 bits per heavy atom. The van der Waals surface area contributed by atoms with Crippen molar-refractivity contribution in [2.45, 2.75) is 26.8 Å². The molecule has 0 saturated carbocycles. The van der Waals surface area contributed by atoms with Crippen molar-refractivity contribution in [1.82, 2.24) is 15.1 Å². The van der Waals surface area contributed by atoms with Crippen LogP contribution in [0.25, 0.3) is 0 Å². The fourth-order valence-electron chi connectivity index (χ4n) is 2.52. The number of benzene rings is 1. The second kappa shape index (κ2) is 8.40. The van der Waals surface area contributed by atoms with Gasteiger partial charge in [0.05, 0.1) is 0 Å². The standard InChI is InChI=1S/C17H31N3/c1-7-18-17(13-20(6)9-8-19(4)5)16-11-14(2)10-15(3)12-16/h10-12,17-18H,7-9,13H2,1-6H3. The molecule has 0 fully saturated rings. The van der Waals surface area contributed by atoms with Crippen LogP contribution in [0.15, 0.2) is 18.2 Å². The van der Waals surface area contributed by atoms with Gasteiger partial charge in [-0.1, -0.05) is 36.2 Å². The molecule has 1 atom stereocenters. The third-order valence-corrected chi connectivity index (χ3v) is 3.52. The molecule has 0 aliphatic carbocycles. The average Bonchev–Trinajstić information content (AvgIpc) is 2.34. The lowest BCUT2D eigenvalue weighted by atomic mass is 10.0. The zero-order chi connectivity index (χ0) is 15.1. The van der Waals surface area contributed by atoms with E-state index >= 15 is 0 Å². The Hall–Kier alpha value is -0.900. The number of likely N-dealkylation sites (N-methyl/N-ethyl adjacent to an activating group) is 3. The molecule has 1 aromatic rings. The molecule has 0 bridgehead atoms. The van der Waals surface area contributed by atoms with E-state index in [1.165, 1.54) is 16.7 Å². The van der Waals surface area contributed by atoms with Gasteiger partial charge in [0, 0.05) is 25.7 Å². The molecule has 0 aromatic heterocycles. The average molecular weight is 277 g/mol. The highest BCUT2D eigenvalue weighted by Crippen LogP contribution is 2.18. The Balaban J connectivity index is 2.72. The second-order valence-corrected chi connectivity index (χ2v) is 6.10. The van der Waals surface area contributed by atoms with Gasteiger partial charge in [-0.05, 0) is 47.1 Å². The third-order valence-electron chi connectivity index (χ3n) is 3.52. The molecular formula is C17H31N3. The molecule has 0 amide bonds. The number of hydrogen-bond donors (Lipinski definition) is 1. The minimum Gasteiger partial charge on any atom is -0.309 e. The first kappa shape index (κ1) is 17.2. The fraction of sp³-hybridized carbons (Fsp3) is 0.647. The van der Waals surface area contributed by atoms with Crippen LogP contribution < -0.4 is 5.32 Å². The second-order valence-electron chi connectivity index (χ2n) is 6.10. The Morgan fingerprint density at radius 3 is 2.10 bits per heavy atom. The van der Waals surface area contributed by atoms with E-state index in [9.17, 15) is 0 Å². The van der Waals surface area contributed by atoms with Crippen LogP contribution in [0.5, 0.6) is 0 Å². The van der Waals surface area contributed by atoms with Crippen LogP contribution in [-0.2, 0) is 0 Å². The van der Waals surface area contributed by atoms with Gasteiger partial charge in [0.15, 0.2) is 0 Å². The van der Waals surface area contributed by atoms with E-state index in [1.54, 1.807) is 0 Å². The lowest BCUT2D eigenvalue weighted by Gasteiger charge is -2.26. The minimum absolute atomic E-state index is 0.408. The van der Waals surface area contributed by atoms with Crippen molar-refractivity contribution < 1.29 is 0 Å². The third kappa shape index (κ3) is 6.04. The highest BCUT2D eigenvalue weighted by molar-refractivity contribution is 5.30. The quantitative estimate of drug-likeness (QED) is 0.787. The van der Waals surface area contributed by atoms with Crippen LogP contribution in [0.2, 0.25) is 0 Å². The van der Waals surface area contributed by atoms with Crippen LogP contribution >= 0.6 is 0 Å². The maximum Gasteiger partial charge on any atom is 0.0449 e. The molecule has 0 radical (unpaired) electrons. The van der Waals surface area contributed by atoms with Gasteiger partial charge >= 0.3 is 0 Å². The van der Waals surface area contributed by atoms with Gasteiger partial charge in [-0.2, -0.15) is 0 Å². The van der Waals surface area contributed by atoms with Crippen molar-refractivity contribution in [2.24, 2.45) is 0 Å². The summed E-state index contributed by atoms with van der Waals surface area (Å²) in [6.07, 6.45) is 0. The molecule has 0 spiro atoms. The first-order valence-corrected chi connectivity index (χ1v) is 7.57. The highest BCUT2D eigenvalue weighted by atomic mass is 15.2. The van der Waals surface area contributed by atoms with E-state index in [0.29, 0.717) is 6.04 Å². The summed E-state index contributed by atoms with van der Waals surface area (Å²) in [5.41, 5.74) is 4.10. The molecule has 3 nitrogen and oxygen atoms in total. The molecule has 1 rings (SSSR count). The van der Waals surface area contributed by atoms with Crippen molar-refractivity contribution in [1.29, 1.82) is 0 Å². The highest BCUT2D eigenvalue weighted by Gasteiger charge is 2.13. The van der Waals surface area contributed by atoms with Crippen LogP contribution in [0, 0.1) is 13.8 Å². The van der Waals surface area contributed by atoms with Gasteiger partial charge in [0.2, 0.25) is 0 Å². The summed E-state index contributed by atoms with van der Waals surface area (Å²) >= 11 is 0. The summed E-state index contributed by atoms with van der Waals surface area (Å²) in [4.78, 5) is 4.64. The van der Waals surface area contributed by atoms with Crippen molar-refractivity contribution in [3.8, 4) is 0 Å². The van der Waals surface area contributed by atoms with Crippen molar-refractivity contribution in [3.05, 3.63) is 34.9 Å². The molecule has 0 aliphatic rings. The molecule has 0 heterocycles. The van der Waals surface area contributed by atoms with Crippen molar-refractivity contribution >= 4 is 0 Å². The van der Waals surface area contributed by atoms with Gasteiger partial charge in [-0.15, -0.1) is 0 Å². The Labute approximate surface area is 125 Å². The summed E-state index contributed by atoms with van der Waals surface area (Å²) in [5.74, 6) is 0. The van der Waals surface area contributed by atoms with E-state index in [0.717, 1.165) is 26.2 Å². The zero-order valence-electron chi connectivity index (χ0n) is 14.0. The molecule has 0 saturated heterocycles. The van der Waals surface area contributed by atoms with Crippen LogP contribution in [0.3, 0.4) is 0 Å². The molecule has 0 aliphatic heterocycles. The number of nitrogens with one attached hydrogen (secondary N) is 1. The van der Waals surface area contributed by atoms with E-state index in [1.807, 2.05) is 0 Å². The predicted octanol–water partition coefficient (Wildman–Crippen LogP) is 2.45. The number of nitrogens with zero attached hydrogens (tertiary/aromatic N) is 2.